The number of carbonyl (C=O) groups is 1. The van der Waals surface area contributed by atoms with Gasteiger partial charge in [-0.3, -0.25) is 4.79 Å². The summed E-state index contributed by atoms with van der Waals surface area (Å²) in [6, 6.07) is 11.9. The average Bonchev–Trinajstić information content (AvgIpc) is 3.25. The van der Waals surface area contributed by atoms with Crippen LogP contribution in [0.4, 0.5) is 5.69 Å². The molecule has 7 nitrogen and oxygen atoms in total. The van der Waals surface area contributed by atoms with Gasteiger partial charge in [0.1, 0.15) is 11.5 Å². The molecule has 0 saturated heterocycles. The van der Waals surface area contributed by atoms with Crippen LogP contribution < -0.4 is 5.32 Å². The molecule has 1 aliphatic rings. The van der Waals surface area contributed by atoms with E-state index in [0.29, 0.717) is 23.0 Å². The summed E-state index contributed by atoms with van der Waals surface area (Å²) < 4.78 is 7.32. The van der Waals surface area contributed by atoms with E-state index in [4.69, 9.17) is 4.42 Å². The third-order valence-electron chi connectivity index (χ3n) is 5.76. The molecule has 0 spiro atoms. The number of fused-ring (bicyclic) bond motifs is 1. The molecule has 3 heterocycles. The summed E-state index contributed by atoms with van der Waals surface area (Å²) in [5, 5.41) is 7.42. The van der Waals surface area contributed by atoms with Crippen LogP contribution >= 0.6 is 0 Å². The molecule has 1 aliphatic carbocycles. The van der Waals surface area contributed by atoms with Crippen molar-refractivity contribution in [2.24, 2.45) is 0 Å². The molecule has 0 atom stereocenters. The zero-order valence-corrected chi connectivity index (χ0v) is 16.3. The number of aryl methyl sites for hydroxylation is 2. The van der Waals surface area contributed by atoms with Gasteiger partial charge in [-0.1, -0.05) is 36.2 Å². The Kier molecular flexibility index (Phi) is 3.97. The lowest BCUT2D eigenvalue weighted by atomic mass is 9.63. The molecule has 0 bridgehead atoms. The van der Waals surface area contributed by atoms with Gasteiger partial charge >= 0.3 is 0 Å². The van der Waals surface area contributed by atoms with Crippen molar-refractivity contribution in [3.05, 3.63) is 65.7 Å². The van der Waals surface area contributed by atoms with E-state index >= 15 is 0 Å². The van der Waals surface area contributed by atoms with Gasteiger partial charge in [-0.15, -0.1) is 5.10 Å². The minimum atomic E-state index is -0.445. The average molecular weight is 387 g/mol. The first-order valence-electron chi connectivity index (χ1n) is 9.71. The second-order valence-corrected chi connectivity index (χ2v) is 7.65. The molecular formula is C22H21N5O2. The topological polar surface area (TPSA) is 85.3 Å². The predicted octanol–water partition coefficient (Wildman–Crippen LogP) is 4.06. The van der Waals surface area contributed by atoms with Crippen molar-refractivity contribution >= 4 is 17.3 Å². The summed E-state index contributed by atoms with van der Waals surface area (Å²) in [4.78, 5) is 21.7. The van der Waals surface area contributed by atoms with E-state index < -0.39 is 5.41 Å². The number of nitrogens with one attached hydrogen (secondary N) is 1. The van der Waals surface area contributed by atoms with Gasteiger partial charge in [0.15, 0.2) is 0 Å². The fraction of sp³-hybridized carbons (Fsp3) is 0.273. The van der Waals surface area contributed by atoms with Crippen LogP contribution in [0.2, 0.25) is 0 Å². The molecule has 29 heavy (non-hydrogen) atoms. The Morgan fingerprint density at radius 1 is 1.07 bits per heavy atom. The van der Waals surface area contributed by atoms with Crippen molar-refractivity contribution in [2.45, 2.75) is 38.5 Å². The number of rotatable bonds is 4. The van der Waals surface area contributed by atoms with E-state index in [1.807, 2.05) is 13.0 Å². The largest absolute Gasteiger partial charge is 0.415 e. The highest BCUT2D eigenvalue weighted by Crippen LogP contribution is 2.44. The Morgan fingerprint density at radius 2 is 1.86 bits per heavy atom. The maximum Gasteiger partial charge on any atom is 0.264 e. The van der Waals surface area contributed by atoms with Gasteiger partial charge in [-0.25, -0.2) is 9.97 Å². The highest BCUT2D eigenvalue weighted by Gasteiger charge is 2.45. The minimum Gasteiger partial charge on any atom is -0.415 e. The zero-order valence-electron chi connectivity index (χ0n) is 16.3. The van der Waals surface area contributed by atoms with Crippen LogP contribution in [0.3, 0.4) is 0 Å². The maximum atomic E-state index is 13.1. The molecule has 5 rings (SSSR count). The number of nitrogens with zero attached hydrogens (tertiary/aromatic N) is 4. The van der Waals surface area contributed by atoms with E-state index in [2.05, 4.69) is 51.6 Å². The van der Waals surface area contributed by atoms with Crippen molar-refractivity contribution in [3.63, 3.8) is 0 Å². The fourth-order valence-corrected chi connectivity index (χ4v) is 3.82. The first-order chi connectivity index (χ1) is 14.0. The molecule has 1 N–H and O–H groups in total. The summed E-state index contributed by atoms with van der Waals surface area (Å²) in [5.74, 6) is 1.19. The number of carbonyl (C=O) groups excluding carboxylic acids is 1. The highest BCUT2D eigenvalue weighted by molar-refractivity contribution is 5.99. The van der Waals surface area contributed by atoms with Crippen LogP contribution in [0.1, 0.15) is 36.2 Å². The van der Waals surface area contributed by atoms with Crippen LogP contribution in [0.15, 0.2) is 53.2 Å². The minimum absolute atomic E-state index is 0.0224. The van der Waals surface area contributed by atoms with Crippen LogP contribution in [0, 0.1) is 13.8 Å². The number of pyridine rings is 1. The summed E-state index contributed by atoms with van der Waals surface area (Å²) >= 11 is 0. The summed E-state index contributed by atoms with van der Waals surface area (Å²) in [6.07, 6.45) is 6.06. The zero-order chi connectivity index (χ0) is 20.0. The predicted molar refractivity (Wildman–Crippen MR) is 109 cm³/mol. The molecule has 1 aromatic carbocycles. The van der Waals surface area contributed by atoms with E-state index in [1.54, 1.807) is 23.0 Å². The summed E-state index contributed by atoms with van der Waals surface area (Å²) in [7, 11) is 0. The van der Waals surface area contributed by atoms with Crippen LogP contribution in [0.5, 0.6) is 0 Å². The third-order valence-corrected chi connectivity index (χ3v) is 5.76. The number of aromatic nitrogens is 4. The quantitative estimate of drug-likeness (QED) is 0.571. The maximum absolute atomic E-state index is 13.1. The molecule has 7 heteroatoms. The number of benzene rings is 1. The van der Waals surface area contributed by atoms with Crippen LogP contribution in [-0.2, 0) is 10.2 Å². The normalized spacial score (nSPS) is 15.2. The Morgan fingerprint density at radius 3 is 2.48 bits per heavy atom. The van der Waals surface area contributed by atoms with Gasteiger partial charge in [0.2, 0.25) is 11.6 Å². The van der Waals surface area contributed by atoms with E-state index in [-0.39, 0.29) is 5.91 Å². The second-order valence-electron chi connectivity index (χ2n) is 7.65. The fourth-order valence-electron chi connectivity index (χ4n) is 3.82. The van der Waals surface area contributed by atoms with Gasteiger partial charge in [0.05, 0.1) is 23.5 Å². The SMILES string of the molecule is Cc1ccc(C2(C(=O)Nc3ccc(-c4nn5c(C)ncc5o4)nc3)CCC2)cc1. The van der Waals surface area contributed by atoms with Gasteiger partial charge in [-0.2, -0.15) is 4.52 Å². The highest BCUT2D eigenvalue weighted by atomic mass is 16.4. The number of anilines is 1. The second kappa shape index (κ2) is 6.55. The number of hydrogen-bond donors (Lipinski definition) is 1. The van der Waals surface area contributed by atoms with Gasteiger partial charge in [-0.05, 0) is 44.4 Å². The molecule has 1 amide bonds. The van der Waals surface area contributed by atoms with E-state index in [0.717, 1.165) is 30.7 Å². The Balaban J connectivity index is 1.36. The van der Waals surface area contributed by atoms with Gasteiger partial charge in [0.25, 0.3) is 5.89 Å². The number of hydrogen-bond acceptors (Lipinski definition) is 5. The lowest BCUT2D eigenvalue weighted by molar-refractivity contribution is -0.124. The molecule has 0 unspecified atom stereocenters. The lowest BCUT2D eigenvalue weighted by Crippen LogP contribution is -2.46. The van der Waals surface area contributed by atoms with Crippen molar-refractivity contribution in [1.82, 2.24) is 19.6 Å². The van der Waals surface area contributed by atoms with Crippen LogP contribution in [0.25, 0.3) is 17.3 Å². The molecule has 0 aliphatic heterocycles. The molecule has 1 saturated carbocycles. The molecule has 4 aromatic rings. The number of amides is 1. The first kappa shape index (κ1) is 17.6. The summed E-state index contributed by atoms with van der Waals surface area (Å²) in [5.41, 5.74) is 3.66. The van der Waals surface area contributed by atoms with Crippen molar-refractivity contribution in [2.75, 3.05) is 5.32 Å². The summed E-state index contributed by atoms with van der Waals surface area (Å²) in [6.45, 7) is 3.91. The molecule has 1 fully saturated rings. The van der Waals surface area contributed by atoms with E-state index in [9.17, 15) is 4.79 Å². The Bertz CT molecular complexity index is 1180. The molecule has 0 radical (unpaired) electrons. The number of imidazole rings is 1. The standard InChI is InChI=1S/C22H21N5O2/c1-14-4-6-16(7-5-14)22(10-3-11-22)21(28)25-17-8-9-18(24-12-17)20-26-27-15(2)23-13-19(27)29-20/h4-9,12-13H,3,10-11H2,1-2H3,(H,25,28). The van der Waals surface area contributed by atoms with Crippen LogP contribution in [-0.4, -0.2) is 25.5 Å². The smallest absolute Gasteiger partial charge is 0.264 e. The van der Waals surface area contributed by atoms with Gasteiger partial charge < -0.3 is 9.73 Å². The van der Waals surface area contributed by atoms with Gasteiger partial charge in [0, 0.05) is 0 Å². The monoisotopic (exact) mass is 387 g/mol. The lowest BCUT2D eigenvalue weighted by Gasteiger charge is -2.40. The van der Waals surface area contributed by atoms with Crippen molar-refractivity contribution in [1.29, 1.82) is 0 Å². The third kappa shape index (κ3) is 2.90. The molecule has 3 aromatic heterocycles. The Labute approximate surface area is 167 Å². The Hall–Kier alpha value is -3.48. The molecular weight excluding hydrogens is 366 g/mol. The van der Waals surface area contributed by atoms with Crippen molar-refractivity contribution < 1.29 is 9.21 Å². The van der Waals surface area contributed by atoms with E-state index in [1.165, 1.54) is 5.56 Å². The van der Waals surface area contributed by atoms with Crippen molar-refractivity contribution in [3.8, 4) is 11.6 Å². The first-order valence-corrected chi connectivity index (χ1v) is 9.71. The molecule has 146 valence electrons.